The normalized spacial score (nSPS) is 17.9. The van der Waals surface area contributed by atoms with Crippen molar-refractivity contribution in [2.75, 3.05) is 60.2 Å². The van der Waals surface area contributed by atoms with Gasteiger partial charge in [0.25, 0.3) is 5.91 Å². The number of morpholine rings is 1. The van der Waals surface area contributed by atoms with Crippen LogP contribution in [0.1, 0.15) is 36.8 Å². The van der Waals surface area contributed by atoms with Crippen LogP contribution in [0.25, 0.3) is 0 Å². The summed E-state index contributed by atoms with van der Waals surface area (Å²) in [5.74, 6) is 1.06. The molecule has 0 saturated carbocycles. The van der Waals surface area contributed by atoms with E-state index in [0.29, 0.717) is 44.2 Å². The summed E-state index contributed by atoms with van der Waals surface area (Å²) >= 11 is 1.58. The third-order valence-corrected chi connectivity index (χ3v) is 7.50. The number of nitrogens with one attached hydrogen (secondary N) is 1. The molecular weight excluding hydrogens is 506 g/mol. The highest BCUT2D eigenvalue weighted by Crippen LogP contribution is 2.39. The molecule has 11 heteroatoms. The van der Waals surface area contributed by atoms with Crippen molar-refractivity contribution in [3.8, 4) is 11.5 Å². The third-order valence-electron chi connectivity index (χ3n) is 6.58. The van der Waals surface area contributed by atoms with Crippen molar-refractivity contribution in [3.05, 3.63) is 46.2 Å². The molecule has 2 aromatic rings. The third kappa shape index (κ3) is 6.83. The molecule has 1 saturated heterocycles. The molecule has 1 atom stereocenters. The second kappa shape index (κ2) is 13.1. The minimum absolute atomic E-state index is 0.0486. The van der Waals surface area contributed by atoms with Gasteiger partial charge in [0.05, 0.1) is 44.1 Å². The lowest BCUT2D eigenvalue weighted by Gasteiger charge is -2.31. The molecule has 3 heterocycles. The Morgan fingerprint density at radius 1 is 1.21 bits per heavy atom. The lowest BCUT2D eigenvalue weighted by molar-refractivity contribution is -0.133. The molecule has 0 unspecified atom stereocenters. The van der Waals surface area contributed by atoms with Crippen LogP contribution in [0.4, 0.5) is 4.79 Å². The van der Waals surface area contributed by atoms with Crippen LogP contribution in [0.15, 0.2) is 40.8 Å². The summed E-state index contributed by atoms with van der Waals surface area (Å²) in [7, 11) is 3.22. The molecule has 4 rings (SSSR count). The number of hydrogen-bond acceptors (Lipinski definition) is 8. The highest BCUT2D eigenvalue weighted by atomic mass is 32.1. The number of urea groups is 1. The van der Waals surface area contributed by atoms with E-state index in [-0.39, 0.29) is 30.6 Å². The Morgan fingerprint density at radius 2 is 2.00 bits per heavy atom. The summed E-state index contributed by atoms with van der Waals surface area (Å²) in [4.78, 5) is 31.8. The van der Waals surface area contributed by atoms with Gasteiger partial charge in [-0.3, -0.25) is 9.69 Å². The number of benzene rings is 1. The molecule has 3 amide bonds. The van der Waals surface area contributed by atoms with E-state index in [2.05, 4.69) is 10.2 Å². The number of nitrogens with zero attached hydrogens (tertiary/aromatic N) is 4. The first-order valence-corrected chi connectivity index (χ1v) is 13.8. The van der Waals surface area contributed by atoms with Crippen molar-refractivity contribution in [1.29, 1.82) is 0 Å². The number of methoxy groups -OCH3 is 2. The molecule has 2 aliphatic rings. The molecule has 1 aromatic carbocycles. The van der Waals surface area contributed by atoms with Crippen molar-refractivity contribution in [2.45, 2.75) is 32.4 Å². The predicted molar refractivity (Wildman–Crippen MR) is 147 cm³/mol. The van der Waals surface area contributed by atoms with Gasteiger partial charge in [0.15, 0.2) is 0 Å². The fourth-order valence-electron chi connectivity index (χ4n) is 4.59. The fraction of sp³-hybridized carbons (Fsp3) is 0.519. The van der Waals surface area contributed by atoms with Crippen LogP contribution in [0.5, 0.6) is 11.5 Å². The van der Waals surface area contributed by atoms with E-state index >= 15 is 0 Å². The van der Waals surface area contributed by atoms with Crippen LogP contribution < -0.4 is 14.8 Å². The summed E-state index contributed by atoms with van der Waals surface area (Å²) in [5, 5.41) is 11.2. The Labute approximate surface area is 228 Å². The maximum absolute atomic E-state index is 13.8. The molecule has 206 valence electrons. The Morgan fingerprint density at radius 3 is 2.66 bits per heavy atom. The van der Waals surface area contributed by atoms with E-state index in [4.69, 9.17) is 19.3 Å². The minimum Gasteiger partial charge on any atom is -0.497 e. The van der Waals surface area contributed by atoms with Crippen molar-refractivity contribution in [3.63, 3.8) is 0 Å². The topological polar surface area (TPSA) is 95.9 Å². The maximum atomic E-state index is 13.8. The second-order valence-corrected chi connectivity index (χ2v) is 10.5. The summed E-state index contributed by atoms with van der Waals surface area (Å²) in [6.45, 7) is 7.78. The number of carbonyl (C=O) groups is 2. The van der Waals surface area contributed by atoms with Crippen LogP contribution >= 0.6 is 11.3 Å². The summed E-state index contributed by atoms with van der Waals surface area (Å²) in [6, 6.07) is 8.82. The Hall–Kier alpha value is -3.15. The van der Waals surface area contributed by atoms with Crippen LogP contribution in [0, 0.1) is 0 Å². The van der Waals surface area contributed by atoms with Crippen LogP contribution in [-0.2, 0) is 9.53 Å². The van der Waals surface area contributed by atoms with E-state index in [1.807, 2.05) is 49.6 Å². The number of thiophene rings is 1. The zero-order valence-corrected chi connectivity index (χ0v) is 23.3. The molecule has 1 aromatic heterocycles. The van der Waals surface area contributed by atoms with E-state index in [1.54, 1.807) is 30.5 Å². The van der Waals surface area contributed by atoms with Gasteiger partial charge in [0, 0.05) is 44.2 Å². The van der Waals surface area contributed by atoms with Gasteiger partial charge in [-0.15, -0.1) is 11.3 Å². The average molecular weight is 544 g/mol. The molecule has 2 aliphatic heterocycles. The number of rotatable bonds is 10. The summed E-state index contributed by atoms with van der Waals surface area (Å²) in [5.41, 5.74) is 1.64. The number of hydrazone groups is 1. The van der Waals surface area contributed by atoms with Crippen LogP contribution in [0.2, 0.25) is 0 Å². The van der Waals surface area contributed by atoms with E-state index in [9.17, 15) is 9.59 Å². The number of ether oxygens (including phenoxy) is 3. The molecule has 10 nitrogen and oxygen atoms in total. The van der Waals surface area contributed by atoms with E-state index in [1.165, 1.54) is 5.01 Å². The Kier molecular flexibility index (Phi) is 9.59. The lowest BCUT2D eigenvalue weighted by Crippen LogP contribution is -2.50. The largest absolute Gasteiger partial charge is 0.497 e. The Bertz CT molecular complexity index is 1120. The van der Waals surface area contributed by atoms with E-state index in [0.717, 1.165) is 29.2 Å². The Balaban J connectivity index is 1.59. The monoisotopic (exact) mass is 543 g/mol. The zero-order chi connectivity index (χ0) is 27.1. The average Bonchev–Trinajstić information content (AvgIpc) is 3.61. The van der Waals surface area contributed by atoms with Gasteiger partial charge in [-0.05, 0) is 43.5 Å². The first-order chi connectivity index (χ1) is 18.4. The molecular formula is C27H37N5O5S. The van der Waals surface area contributed by atoms with Gasteiger partial charge >= 0.3 is 6.03 Å². The number of carbonyl (C=O) groups excluding carboxylic acids is 2. The van der Waals surface area contributed by atoms with Gasteiger partial charge in [-0.1, -0.05) is 6.07 Å². The first kappa shape index (κ1) is 27.9. The quantitative estimate of drug-likeness (QED) is 0.495. The number of amides is 3. The van der Waals surface area contributed by atoms with Crippen molar-refractivity contribution in [1.82, 2.24) is 20.1 Å². The van der Waals surface area contributed by atoms with Gasteiger partial charge in [0.2, 0.25) is 0 Å². The van der Waals surface area contributed by atoms with Gasteiger partial charge in [-0.25, -0.2) is 9.80 Å². The highest BCUT2D eigenvalue weighted by Gasteiger charge is 2.36. The smallest absolute Gasteiger partial charge is 0.318 e. The molecule has 0 bridgehead atoms. The summed E-state index contributed by atoms with van der Waals surface area (Å²) < 4.78 is 16.6. The fourth-order valence-corrected chi connectivity index (χ4v) is 5.31. The second-order valence-electron chi connectivity index (χ2n) is 9.57. The SMILES string of the molecule is COc1ccc(OC)c([C@@H]2CC(c3cccs3)=NN2C(=O)CN(CCN2CCOCC2)C(=O)NC(C)C)c1. The maximum Gasteiger partial charge on any atom is 0.318 e. The minimum atomic E-state index is -0.390. The van der Waals surface area contributed by atoms with Gasteiger partial charge < -0.3 is 24.4 Å². The van der Waals surface area contributed by atoms with Crippen LogP contribution in [0.3, 0.4) is 0 Å². The first-order valence-electron chi connectivity index (χ1n) is 12.9. The van der Waals surface area contributed by atoms with Crippen LogP contribution in [-0.4, -0.2) is 98.7 Å². The summed E-state index contributed by atoms with van der Waals surface area (Å²) in [6.07, 6.45) is 0.530. The standard InChI is InChI=1S/C27H37N5O5S/c1-19(2)28-27(34)31(10-9-30-11-13-37-14-12-30)18-26(33)32-23(17-22(29-32)25-6-5-15-38-25)21-16-20(35-3)7-8-24(21)36-4/h5-8,15-16,19,23H,9-14,17-18H2,1-4H3,(H,28,34)/t23-/m0/s1. The highest BCUT2D eigenvalue weighted by molar-refractivity contribution is 7.12. The lowest BCUT2D eigenvalue weighted by atomic mass is 9.99. The molecule has 0 spiro atoms. The predicted octanol–water partition coefficient (Wildman–Crippen LogP) is 3.20. The number of hydrogen-bond donors (Lipinski definition) is 1. The van der Waals surface area contributed by atoms with Crippen molar-refractivity contribution in [2.24, 2.45) is 5.10 Å². The molecule has 1 fully saturated rings. The molecule has 0 radical (unpaired) electrons. The van der Waals surface area contributed by atoms with Gasteiger partial charge in [-0.2, -0.15) is 5.10 Å². The molecule has 0 aliphatic carbocycles. The molecule has 38 heavy (non-hydrogen) atoms. The van der Waals surface area contributed by atoms with Crippen molar-refractivity contribution >= 4 is 29.0 Å². The zero-order valence-electron chi connectivity index (χ0n) is 22.5. The van der Waals surface area contributed by atoms with Gasteiger partial charge in [0.1, 0.15) is 18.0 Å². The van der Waals surface area contributed by atoms with Crippen molar-refractivity contribution < 1.29 is 23.8 Å². The molecule has 1 N–H and O–H groups in total. The van der Waals surface area contributed by atoms with E-state index < -0.39 is 0 Å².